The van der Waals surface area contributed by atoms with Crippen molar-refractivity contribution >= 4 is 51.2 Å². The first kappa shape index (κ1) is 21.6. The Morgan fingerprint density at radius 1 is 1.09 bits per heavy atom. The summed E-state index contributed by atoms with van der Waals surface area (Å²) in [7, 11) is 0. The van der Waals surface area contributed by atoms with Crippen molar-refractivity contribution in [2.24, 2.45) is 4.99 Å². The van der Waals surface area contributed by atoms with Gasteiger partial charge in [0.25, 0.3) is 11.6 Å². The number of nitrogens with zero attached hydrogens (tertiary/aromatic N) is 3. The number of carbonyl (C=O) groups is 1. The molecule has 168 valence electrons. The highest BCUT2D eigenvalue weighted by Gasteiger charge is 2.24. The SMILES string of the molecule is O=C1NC(=Nc2ccc(F)cc2)S/C1=C/c1cn(Cc2cccc([N+](=O)[O-])c2)c2ccccc12. The molecule has 1 N–H and O–H groups in total. The highest BCUT2D eigenvalue weighted by molar-refractivity contribution is 8.18. The van der Waals surface area contributed by atoms with E-state index >= 15 is 0 Å². The fraction of sp³-hybridized carbons (Fsp3) is 0.0400. The van der Waals surface area contributed by atoms with Crippen LogP contribution in [0.15, 0.2) is 88.9 Å². The monoisotopic (exact) mass is 472 g/mol. The number of nitro benzene ring substituents is 1. The highest BCUT2D eigenvalue weighted by Crippen LogP contribution is 2.31. The number of fused-ring (bicyclic) bond motifs is 1. The second-order valence-electron chi connectivity index (χ2n) is 7.61. The maximum Gasteiger partial charge on any atom is 0.269 e. The maximum absolute atomic E-state index is 13.1. The van der Waals surface area contributed by atoms with E-state index in [-0.39, 0.29) is 17.4 Å². The number of nitro groups is 1. The molecule has 3 aromatic carbocycles. The smallest absolute Gasteiger partial charge is 0.269 e. The maximum atomic E-state index is 13.1. The van der Waals surface area contributed by atoms with E-state index < -0.39 is 4.92 Å². The molecule has 9 heteroatoms. The molecule has 4 aromatic rings. The van der Waals surface area contributed by atoms with E-state index in [1.54, 1.807) is 18.2 Å². The third-order valence-electron chi connectivity index (χ3n) is 5.29. The minimum absolute atomic E-state index is 0.0447. The number of hydrogen-bond donors (Lipinski definition) is 1. The second kappa shape index (κ2) is 8.95. The Hall–Kier alpha value is -4.24. The Kier molecular flexibility index (Phi) is 5.69. The number of halogens is 1. The van der Waals surface area contributed by atoms with Crippen molar-refractivity contribution in [2.45, 2.75) is 6.54 Å². The predicted molar refractivity (Wildman–Crippen MR) is 131 cm³/mol. The summed E-state index contributed by atoms with van der Waals surface area (Å²) in [5, 5.41) is 15.2. The summed E-state index contributed by atoms with van der Waals surface area (Å²) in [6, 6.07) is 20.0. The number of hydrogen-bond acceptors (Lipinski definition) is 5. The largest absolute Gasteiger partial charge is 0.342 e. The number of thioether (sulfide) groups is 1. The van der Waals surface area contributed by atoms with Gasteiger partial charge in [0.1, 0.15) is 5.82 Å². The number of amides is 1. The van der Waals surface area contributed by atoms with Crippen LogP contribution in [-0.4, -0.2) is 20.6 Å². The van der Waals surface area contributed by atoms with E-state index in [1.165, 1.54) is 42.1 Å². The third-order valence-corrected chi connectivity index (χ3v) is 6.20. The molecule has 1 saturated heterocycles. The fourth-order valence-electron chi connectivity index (χ4n) is 3.74. The zero-order chi connectivity index (χ0) is 23.7. The van der Waals surface area contributed by atoms with E-state index in [0.717, 1.165) is 22.0 Å². The van der Waals surface area contributed by atoms with Gasteiger partial charge in [0.2, 0.25) is 0 Å². The van der Waals surface area contributed by atoms with Gasteiger partial charge in [0.15, 0.2) is 5.17 Å². The Labute approximate surface area is 197 Å². The third kappa shape index (κ3) is 4.46. The molecular formula is C25H17FN4O3S. The predicted octanol–water partition coefficient (Wildman–Crippen LogP) is 5.63. The van der Waals surface area contributed by atoms with E-state index in [4.69, 9.17) is 0 Å². The van der Waals surface area contributed by atoms with Crippen molar-refractivity contribution in [1.29, 1.82) is 0 Å². The minimum atomic E-state index is -0.409. The molecule has 1 aromatic heterocycles. The quantitative estimate of drug-likeness (QED) is 0.232. The van der Waals surface area contributed by atoms with Crippen LogP contribution in [0.2, 0.25) is 0 Å². The lowest BCUT2D eigenvalue weighted by Crippen LogP contribution is -2.19. The van der Waals surface area contributed by atoms with Crippen molar-refractivity contribution in [2.75, 3.05) is 0 Å². The van der Waals surface area contributed by atoms with Crippen LogP contribution in [-0.2, 0) is 11.3 Å². The van der Waals surface area contributed by atoms with Crippen molar-refractivity contribution in [1.82, 2.24) is 9.88 Å². The average molecular weight is 473 g/mol. The van der Waals surface area contributed by atoms with Crippen molar-refractivity contribution < 1.29 is 14.1 Å². The number of benzene rings is 3. The minimum Gasteiger partial charge on any atom is -0.342 e. The summed E-state index contributed by atoms with van der Waals surface area (Å²) in [6.45, 7) is 0.446. The molecule has 7 nitrogen and oxygen atoms in total. The number of para-hydroxylation sites is 1. The summed E-state index contributed by atoms with van der Waals surface area (Å²) < 4.78 is 15.1. The fourth-order valence-corrected chi connectivity index (χ4v) is 4.57. The lowest BCUT2D eigenvalue weighted by molar-refractivity contribution is -0.384. The van der Waals surface area contributed by atoms with Gasteiger partial charge in [-0.2, -0.15) is 0 Å². The summed E-state index contributed by atoms with van der Waals surface area (Å²) in [5.74, 6) is -0.615. The number of nitrogens with one attached hydrogen (secondary N) is 1. The molecule has 0 spiro atoms. The van der Waals surface area contributed by atoms with Crippen LogP contribution in [0.4, 0.5) is 15.8 Å². The van der Waals surface area contributed by atoms with Crippen LogP contribution in [0, 0.1) is 15.9 Å². The van der Waals surface area contributed by atoms with Crippen LogP contribution >= 0.6 is 11.8 Å². The van der Waals surface area contributed by atoms with Crippen LogP contribution in [0.25, 0.3) is 17.0 Å². The lowest BCUT2D eigenvalue weighted by Gasteiger charge is -2.05. The molecule has 0 atom stereocenters. The first-order chi connectivity index (χ1) is 16.5. The molecule has 1 amide bonds. The number of aromatic nitrogens is 1. The molecule has 5 rings (SSSR count). The van der Waals surface area contributed by atoms with Crippen LogP contribution in [0.3, 0.4) is 0 Å². The summed E-state index contributed by atoms with van der Waals surface area (Å²) >= 11 is 1.21. The lowest BCUT2D eigenvalue weighted by atomic mass is 10.1. The molecule has 2 heterocycles. The molecule has 0 bridgehead atoms. The number of carbonyl (C=O) groups excluding carboxylic acids is 1. The first-order valence-corrected chi connectivity index (χ1v) is 11.1. The number of aliphatic imine (C=N–C) groups is 1. The molecule has 34 heavy (non-hydrogen) atoms. The Balaban J connectivity index is 1.46. The number of rotatable bonds is 5. The molecule has 1 aliphatic heterocycles. The zero-order valence-corrected chi connectivity index (χ0v) is 18.5. The summed E-state index contributed by atoms with van der Waals surface area (Å²) in [6.07, 6.45) is 3.74. The zero-order valence-electron chi connectivity index (χ0n) is 17.6. The molecule has 0 unspecified atom stereocenters. The van der Waals surface area contributed by atoms with Gasteiger partial charge in [0, 0.05) is 41.3 Å². The van der Waals surface area contributed by atoms with Gasteiger partial charge in [-0.15, -0.1) is 0 Å². The highest BCUT2D eigenvalue weighted by atomic mass is 32.2. The van der Waals surface area contributed by atoms with E-state index in [1.807, 2.05) is 41.1 Å². The Morgan fingerprint density at radius 2 is 1.88 bits per heavy atom. The normalized spacial score (nSPS) is 15.9. The standard InChI is InChI=1S/C25H17FN4O3S/c26-18-8-10-19(11-9-18)27-25-28-24(31)23(34-25)13-17-15-29(22-7-2-1-6-21(17)22)14-16-4-3-5-20(12-16)30(32)33/h1-13,15H,14H2,(H,27,28,31)/b23-13+. The van der Waals surface area contributed by atoms with Crippen LogP contribution < -0.4 is 5.32 Å². The molecular weight excluding hydrogens is 455 g/mol. The van der Waals surface area contributed by atoms with Gasteiger partial charge >= 0.3 is 0 Å². The van der Waals surface area contributed by atoms with Gasteiger partial charge in [-0.05, 0) is 53.7 Å². The topological polar surface area (TPSA) is 89.5 Å². The van der Waals surface area contributed by atoms with E-state index in [0.29, 0.717) is 22.3 Å². The van der Waals surface area contributed by atoms with Gasteiger partial charge in [-0.1, -0.05) is 30.3 Å². The van der Waals surface area contributed by atoms with Crippen molar-refractivity contribution in [3.63, 3.8) is 0 Å². The molecule has 1 fully saturated rings. The molecule has 0 radical (unpaired) electrons. The van der Waals surface area contributed by atoms with Gasteiger partial charge < -0.3 is 9.88 Å². The van der Waals surface area contributed by atoms with Crippen LogP contribution in [0.1, 0.15) is 11.1 Å². The van der Waals surface area contributed by atoms with Gasteiger partial charge in [-0.3, -0.25) is 14.9 Å². The Morgan fingerprint density at radius 3 is 2.68 bits per heavy atom. The van der Waals surface area contributed by atoms with E-state index in [9.17, 15) is 19.3 Å². The summed E-state index contributed by atoms with van der Waals surface area (Å²) in [5.41, 5.74) is 3.18. The second-order valence-corrected chi connectivity index (χ2v) is 8.65. The molecule has 0 aliphatic carbocycles. The van der Waals surface area contributed by atoms with E-state index in [2.05, 4.69) is 10.3 Å². The first-order valence-electron chi connectivity index (χ1n) is 10.3. The molecule has 0 saturated carbocycles. The summed E-state index contributed by atoms with van der Waals surface area (Å²) in [4.78, 5) is 28.1. The van der Waals surface area contributed by atoms with Crippen LogP contribution in [0.5, 0.6) is 0 Å². The average Bonchev–Trinajstić information content (AvgIpc) is 3.35. The number of amidine groups is 1. The van der Waals surface area contributed by atoms with Crippen molar-refractivity contribution in [3.05, 3.63) is 111 Å². The molecule has 1 aliphatic rings. The Bertz CT molecular complexity index is 1490. The number of non-ortho nitro benzene ring substituents is 1. The van der Waals surface area contributed by atoms with Crippen molar-refractivity contribution in [3.8, 4) is 0 Å². The van der Waals surface area contributed by atoms with Gasteiger partial charge in [0.05, 0.1) is 15.5 Å². The van der Waals surface area contributed by atoms with Gasteiger partial charge in [-0.25, -0.2) is 9.38 Å².